The molecule has 3 nitrogen and oxygen atoms in total. The smallest absolute Gasteiger partial charge is 0.170 e. The second kappa shape index (κ2) is 5.74. The zero-order valence-corrected chi connectivity index (χ0v) is 12.0. The quantitative estimate of drug-likeness (QED) is 0.847. The summed E-state index contributed by atoms with van der Waals surface area (Å²) in [5.74, 6) is 0.988. The molecule has 1 aliphatic heterocycles. The lowest BCUT2D eigenvalue weighted by atomic mass is 9.76. The van der Waals surface area contributed by atoms with Gasteiger partial charge >= 0.3 is 0 Å². The Balaban J connectivity index is 2.18. The molecule has 1 aromatic rings. The molecule has 1 saturated heterocycles. The van der Waals surface area contributed by atoms with Gasteiger partial charge < -0.3 is 10.1 Å². The molecule has 2 rings (SSSR count). The van der Waals surface area contributed by atoms with Crippen LogP contribution < -0.4 is 10.1 Å². The summed E-state index contributed by atoms with van der Waals surface area (Å²) >= 11 is 0. The number of nitrogens with one attached hydrogen (secondary N) is 1. The summed E-state index contributed by atoms with van der Waals surface area (Å²) in [6.45, 7) is 7.81. The molecular weight excluding hydrogens is 238 g/mol. The van der Waals surface area contributed by atoms with Crippen LogP contribution in [0.5, 0.6) is 5.75 Å². The van der Waals surface area contributed by atoms with E-state index in [0.717, 1.165) is 37.2 Å². The zero-order chi connectivity index (χ0) is 13.9. The van der Waals surface area contributed by atoms with Gasteiger partial charge in [-0.1, -0.05) is 19.1 Å². The van der Waals surface area contributed by atoms with Gasteiger partial charge in [0.05, 0.1) is 6.10 Å². The van der Waals surface area contributed by atoms with Crippen LogP contribution in [-0.4, -0.2) is 25.0 Å². The van der Waals surface area contributed by atoms with E-state index in [-0.39, 0.29) is 17.3 Å². The van der Waals surface area contributed by atoms with Gasteiger partial charge in [0.2, 0.25) is 0 Å². The minimum absolute atomic E-state index is 0.122. The van der Waals surface area contributed by atoms with E-state index in [4.69, 9.17) is 4.74 Å². The Kier molecular flexibility index (Phi) is 4.25. The third-order valence-corrected chi connectivity index (χ3v) is 3.61. The average Bonchev–Trinajstić information content (AvgIpc) is 2.38. The SMILES string of the molecule is CC(C)Oc1cccc(C(=O)C2(C)CCCNC2)c1. The van der Waals surface area contributed by atoms with Crippen molar-refractivity contribution in [2.45, 2.75) is 39.7 Å². The summed E-state index contributed by atoms with van der Waals surface area (Å²) in [6.07, 6.45) is 2.13. The predicted octanol–water partition coefficient (Wildman–Crippen LogP) is 3.05. The minimum atomic E-state index is -0.283. The Labute approximate surface area is 115 Å². The lowest BCUT2D eigenvalue weighted by Crippen LogP contribution is -2.43. The topological polar surface area (TPSA) is 38.3 Å². The molecule has 3 heteroatoms. The predicted molar refractivity (Wildman–Crippen MR) is 76.7 cm³/mol. The second-order valence-electron chi connectivity index (χ2n) is 5.86. The van der Waals surface area contributed by atoms with E-state index < -0.39 is 0 Å². The van der Waals surface area contributed by atoms with Gasteiger partial charge in [-0.2, -0.15) is 0 Å². The molecule has 0 saturated carbocycles. The first kappa shape index (κ1) is 14.1. The summed E-state index contributed by atoms with van der Waals surface area (Å²) in [7, 11) is 0. The van der Waals surface area contributed by atoms with Crippen molar-refractivity contribution in [1.29, 1.82) is 0 Å². The molecule has 0 spiro atoms. The van der Waals surface area contributed by atoms with E-state index in [0.29, 0.717) is 0 Å². The largest absolute Gasteiger partial charge is 0.491 e. The van der Waals surface area contributed by atoms with Crippen LogP contribution in [0, 0.1) is 5.41 Å². The number of ether oxygens (including phenoxy) is 1. The van der Waals surface area contributed by atoms with Crippen LogP contribution in [0.3, 0.4) is 0 Å². The fourth-order valence-electron chi connectivity index (χ4n) is 2.58. The number of Topliss-reactive ketones (excluding diaryl/α,β-unsaturated/α-hetero) is 1. The first-order valence-electron chi connectivity index (χ1n) is 7.03. The van der Waals surface area contributed by atoms with Crippen molar-refractivity contribution in [2.75, 3.05) is 13.1 Å². The minimum Gasteiger partial charge on any atom is -0.491 e. The van der Waals surface area contributed by atoms with Gasteiger partial charge in [0.1, 0.15) is 5.75 Å². The van der Waals surface area contributed by atoms with Crippen molar-refractivity contribution in [3.63, 3.8) is 0 Å². The van der Waals surface area contributed by atoms with Crippen LogP contribution >= 0.6 is 0 Å². The number of piperidine rings is 1. The molecule has 1 aromatic carbocycles. The first-order valence-corrected chi connectivity index (χ1v) is 7.03. The summed E-state index contributed by atoms with van der Waals surface area (Å²) in [5.41, 5.74) is 0.471. The molecule has 0 amide bonds. The lowest BCUT2D eigenvalue weighted by Gasteiger charge is -2.32. The van der Waals surface area contributed by atoms with E-state index >= 15 is 0 Å². The zero-order valence-electron chi connectivity index (χ0n) is 12.0. The van der Waals surface area contributed by atoms with Crippen LogP contribution in [0.4, 0.5) is 0 Å². The molecule has 0 bridgehead atoms. The van der Waals surface area contributed by atoms with Gasteiger partial charge in [-0.15, -0.1) is 0 Å². The van der Waals surface area contributed by atoms with E-state index in [1.165, 1.54) is 0 Å². The molecule has 1 heterocycles. The van der Waals surface area contributed by atoms with Crippen molar-refractivity contribution in [3.8, 4) is 5.75 Å². The molecule has 0 aromatic heterocycles. The molecule has 104 valence electrons. The molecule has 1 unspecified atom stereocenters. The Hall–Kier alpha value is -1.35. The lowest BCUT2D eigenvalue weighted by molar-refractivity contribution is 0.0772. The molecule has 1 fully saturated rings. The third-order valence-electron chi connectivity index (χ3n) is 3.61. The Morgan fingerprint density at radius 2 is 2.21 bits per heavy atom. The molecule has 1 aliphatic rings. The normalized spacial score (nSPS) is 23.4. The number of carbonyl (C=O) groups is 1. The van der Waals surface area contributed by atoms with E-state index in [1.807, 2.05) is 38.1 Å². The van der Waals surface area contributed by atoms with Crippen LogP contribution in [0.1, 0.15) is 44.0 Å². The maximum Gasteiger partial charge on any atom is 0.170 e. The standard InChI is InChI=1S/C16H23NO2/c1-12(2)19-14-7-4-6-13(10-14)15(18)16(3)8-5-9-17-11-16/h4,6-7,10,12,17H,5,8-9,11H2,1-3H3. The number of ketones is 1. The van der Waals surface area contributed by atoms with Crippen LogP contribution in [0.2, 0.25) is 0 Å². The van der Waals surface area contributed by atoms with Gasteiger partial charge in [-0.3, -0.25) is 4.79 Å². The van der Waals surface area contributed by atoms with Crippen molar-refractivity contribution in [2.24, 2.45) is 5.41 Å². The highest BCUT2D eigenvalue weighted by Crippen LogP contribution is 2.30. The molecule has 1 atom stereocenters. The van der Waals surface area contributed by atoms with Crippen LogP contribution in [-0.2, 0) is 0 Å². The fourth-order valence-corrected chi connectivity index (χ4v) is 2.58. The summed E-state index contributed by atoms with van der Waals surface area (Å²) in [6, 6.07) is 7.54. The fraction of sp³-hybridized carbons (Fsp3) is 0.562. The molecule has 19 heavy (non-hydrogen) atoms. The maximum atomic E-state index is 12.7. The highest BCUT2D eigenvalue weighted by atomic mass is 16.5. The number of hydrogen-bond acceptors (Lipinski definition) is 3. The van der Waals surface area contributed by atoms with Crippen molar-refractivity contribution < 1.29 is 9.53 Å². The van der Waals surface area contributed by atoms with E-state index in [1.54, 1.807) is 0 Å². The highest BCUT2D eigenvalue weighted by molar-refractivity contribution is 6.00. The first-order chi connectivity index (χ1) is 9.01. The summed E-state index contributed by atoms with van der Waals surface area (Å²) in [5, 5.41) is 3.32. The monoisotopic (exact) mass is 261 g/mol. The van der Waals surface area contributed by atoms with Crippen LogP contribution in [0.15, 0.2) is 24.3 Å². The Bertz CT molecular complexity index is 448. The maximum absolute atomic E-state index is 12.7. The number of benzene rings is 1. The van der Waals surface area contributed by atoms with E-state index in [9.17, 15) is 4.79 Å². The summed E-state index contributed by atoms with van der Waals surface area (Å²) in [4.78, 5) is 12.7. The van der Waals surface area contributed by atoms with Gasteiger partial charge in [0.25, 0.3) is 0 Å². The molecule has 1 N–H and O–H groups in total. The van der Waals surface area contributed by atoms with Crippen molar-refractivity contribution in [1.82, 2.24) is 5.32 Å². The van der Waals surface area contributed by atoms with Crippen molar-refractivity contribution >= 4 is 5.78 Å². The third kappa shape index (κ3) is 3.35. The van der Waals surface area contributed by atoms with Gasteiger partial charge in [-0.05, 0) is 45.4 Å². The number of hydrogen-bond donors (Lipinski definition) is 1. The van der Waals surface area contributed by atoms with E-state index in [2.05, 4.69) is 12.2 Å². The average molecular weight is 261 g/mol. The highest BCUT2D eigenvalue weighted by Gasteiger charge is 2.35. The molecule has 0 radical (unpaired) electrons. The molecule has 0 aliphatic carbocycles. The number of carbonyl (C=O) groups excluding carboxylic acids is 1. The van der Waals surface area contributed by atoms with Crippen LogP contribution in [0.25, 0.3) is 0 Å². The number of rotatable bonds is 4. The second-order valence-corrected chi connectivity index (χ2v) is 5.86. The van der Waals surface area contributed by atoms with Gasteiger partial charge in [0, 0.05) is 17.5 Å². The summed E-state index contributed by atoms with van der Waals surface area (Å²) < 4.78 is 5.66. The Morgan fingerprint density at radius 3 is 2.84 bits per heavy atom. The van der Waals surface area contributed by atoms with Crippen molar-refractivity contribution in [3.05, 3.63) is 29.8 Å². The molecular formula is C16H23NO2. The van der Waals surface area contributed by atoms with Gasteiger partial charge in [-0.25, -0.2) is 0 Å². The Morgan fingerprint density at radius 1 is 1.42 bits per heavy atom. The van der Waals surface area contributed by atoms with Gasteiger partial charge in [0.15, 0.2) is 5.78 Å².